The van der Waals surface area contributed by atoms with Gasteiger partial charge in [-0.2, -0.15) is 0 Å². The number of carbonyl (C=O) groups excluding carboxylic acids is 2. The highest BCUT2D eigenvalue weighted by Crippen LogP contribution is 2.30. The van der Waals surface area contributed by atoms with Crippen LogP contribution in [0.25, 0.3) is 0 Å². The minimum atomic E-state index is -4.24. The van der Waals surface area contributed by atoms with Gasteiger partial charge in [-0.1, -0.05) is 71.8 Å². The van der Waals surface area contributed by atoms with Crippen LogP contribution in [0.3, 0.4) is 0 Å². The second-order valence-electron chi connectivity index (χ2n) is 11.3. The first-order chi connectivity index (χ1) is 21.3. The number of sulfonamides is 1. The van der Waals surface area contributed by atoms with Crippen molar-refractivity contribution in [3.8, 4) is 0 Å². The van der Waals surface area contributed by atoms with Crippen molar-refractivity contribution in [1.29, 1.82) is 0 Å². The van der Waals surface area contributed by atoms with Crippen molar-refractivity contribution >= 4 is 39.1 Å². The molecule has 236 valence electrons. The molecular weight excluding hydrogens is 613 g/mol. The number of aryl methyl sites for hydroxylation is 2. The summed E-state index contributed by atoms with van der Waals surface area (Å²) in [5.41, 5.74) is 3.10. The van der Waals surface area contributed by atoms with Gasteiger partial charge in [-0.15, -0.1) is 0 Å². The van der Waals surface area contributed by atoms with E-state index in [1.165, 1.54) is 29.2 Å². The van der Waals surface area contributed by atoms with Gasteiger partial charge in [0.2, 0.25) is 11.8 Å². The number of benzene rings is 4. The molecule has 10 heteroatoms. The molecule has 0 aromatic heterocycles. The Labute approximate surface area is 269 Å². The molecule has 0 bridgehead atoms. The number of amides is 2. The van der Waals surface area contributed by atoms with Crippen LogP contribution in [0.5, 0.6) is 0 Å². The van der Waals surface area contributed by atoms with Crippen LogP contribution in [0.15, 0.2) is 102 Å². The third kappa shape index (κ3) is 8.71. The van der Waals surface area contributed by atoms with Crippen LogP contribution in [0.1, 0.15) is 36.1 Å². The predicted molar refractivity (Wildman–Crippen MR) is 176 cm³/mol. The lowest BCUT2D eigenvalue weighted by Crippen LogP contribution is -2.54. The van der Waals surface area contributed by atoms with Crippen molar-refractivity contribution in [1.82, 2.24) is 10.2 Å². The first-order valence-corrected chi connectivity index (χ1v) is 16.4. The van der Waals surface area contributed by atoms with Gasteiger partial charge in [0.15, 0.2) is 0 Å². The highest BCUT2D eigenvalue weighted by atomic mass is 35.5. The van der Waals surface area contributed by atoms with E-state index in [2.05, 4.69) is 5.32 Å². The third-order valence-electron chi connectivity index (χ3n) is 7.28. The fraction of sp³-hybridized carbons (Fsp3) is 0.257. The van der Waals surface area contributed by atoms with Gasteiger partial charge in [-0.3, -0.25) is 13.9 Å². The molecule has 0 spiro atoms. The Bertz CT molecular complexity index is 1730. The number of carbonyl (C=O) groups is 2. The summed E-state index contributed by atoms with van der Waals surface area (Å²) >= 11 is 6.21. The van der Waals surface area contributed by atoms with Gasteiger partial charge >= 0.3 is 0 Å². The third-order valence-corrected chi connectivity index (χ3v) is 9.29. The molecule has 0 unspecified atom stereocenters. The molecule has 0 saturated carbocycles. The average Bonchev–Trinajstić information content (AvgIpc) is 2.99. The van der Waals surface area contributed by atoms with Crippen molar-refractivity contribution < 1.29 is 22.4 Å². The largest absolute Gasteiger partial charge is 0.352 e. The second-order valence-corrected chi connectivity index (χ2v) is 13.6. The van der Waals surface area contributed by atoms with Gasteiger partial charge in [0.25, 0.3) is 10.0 Å². The summed E-state index contributed by atoms with van der Waals surface area (Å²) in [6.07, 6.45) is 0.178. The van der Waals surface area contributed by atoms with E-state index in [-0.39, 0.29) is 35.5 Å². The van der Waals surface area contributed by atoms with Crippen LogP contribution >= 0.6 is 11.6 Å². The molecule has 7 nitrogen and oxygen atoms in total. The monoisotopic (exact) mass is 649 g/mol. The minimum Gasteiger partial charge on any atom is -0.352 e. The van der Waals surface area contributed by atoms with E-state index in [1.807, 2.05) is 51.1 Å². The van der Waals surface area contributed by atoms with E-state index in [4.69, 9.17) is 11.6 Å². The van der Waals surface area contributed by atoms with Crippen LogP contribution in [0.4, 0.5) is 10.1 Å². The lowest BCUT2D eigenvalue weighted by Gasteiger charge is -2.34. The van der Waals surface area contributed by atoms with E-state index in [1.54, 1.807) is 49.4 Å². The SMILES string of the molecule is Cc1ccc(S(=O)(=O)N(CC(=O)N(Cc2ccc(F)cc2)[C@H](Cc2ccccc2)C(=O)NC(C)C)c2ccc(Cl)cc2C)cc1. The Hall–Kier alpha value is -4.21. The topological polar surface area (TPSA) is 86.8 Å². The number of nitrogens with one attached hydrogen (secondary N) is 1. The fourth-order valence-corrected chi connectivity index (χ4v) is 6.68. The van der Waals surface area contributed by atoms with Gasteiger partial charge in [-0.05, 0) is 86.8 Å². The van der Waals surface area contributed by atoms with Crippen molar-refractivity contribution in [2.45, 2.75) is 57.6 Å². The lowest BCUT2D eigenvalue weighted by atomic mass is 10.0. The van der Waals surface area contributed by atoms with Crippen LogP contribution in [0, 0.1) is 19.7 Å². The van der Waals surface area contributed by atoms with Gasteiger partial charge in [0.1, 0.15) is 18.4 Å². The van der Waals surface area contributed by atoms with Crippen molar-refractivity contribution in [3.63, 3.8) is 0 Å². The Morgan fingerprint density at radius 2 is 1.51 bits per heavy atom. The Kier molecular flexibility index (Phi) is 11.0. The van der Waals surface area contributed by atoms with Crippen molar-refractivity contribution in [3.05, 3.63) is 130 Å². The molecular formula is C35H37ClFN3O4S. The molecule has 0 aliphatic heterocycles. The molecule has 1 N–H and O–H groups in total. The summed E-state index contributed by atoms with van der Waals surface area (Å²) in [4.78, 5) is 29.6. The molecule has 0 radical (unpaired) electrons. The number of halogens is 2. The van der Waals surface area contributed by atoms with Crippen LogP contribution in [-0.2, 0) is 32.6 Å². The zero-order valence-corrected chi connectivity index (χ0v) is 27.3. The fourth-order valence-electron chi connectivity index (χ4n) is 4.97. The molecule has 4 aromatic rings. The summed E-state index contributed by atoms with van der Waals surface area (Å²) < 4.78 is 43.2. The summed E-state index contributed by atoms with van der Waals surface area (Å²) in [5, 5.41) is 3.33. The first kappa shape index (κ1) is 33.7. The molecule has 4 aromatic carbocycles. The van der Waals surface area contributed by atoms with Crippen molar-refractivity contribution in [2.75, 3.05) is 10.8 Å². The molecule has 0 aliphatic rings. The summed E-state index contributed by atoms with van der Waals surface area (Å²) in [6, 6.07) is 24.8. The number of anilines is 1. The highest BCUT2D eigenvalue weighted by molar-refractivity contribution is 7.92. The summed E-state index contributed by atoms with van der Waals surface area (Å²) in [7, 11) is -4.24. The zero-order chi connectivity index (χ0) is 32.7. The molecule has 45 heavy (non-hydrogen) atoms. The maximum absolute atomic E-state index is 14.5. The Morgan fingerprint density at radius 1 is 0.867 bits per heavy atom. The van der Waals surface area contributed by atoms with Gasteiger partial charge < -0.3 is 10.2 Å². The van der Waals surface area contributed by atoms with Gasteiger partial charge in [0, 0.05) is 24.0 Å². The predicted octanol–water partition coefficient (Wildman–Crippen LogP) is 6.46. The highest BCUT2D eigenvalue weighted by Gasteiger charge is 2.35. The quantitative estimate of drug-likeness (QED) is 0.191. The summed E-state index contributed by atoms with van der Waals surface area (Å²) in [5.74, 6) is -1.44. The van der Waals surface area contributed by atoms with Crippen LogP contribution in [-0.4, -0.2) is 43.8 Å². The summed E-state index contributed by atoms with van der Waals surface area (Å²) in [6.45, 7) is 6.56. The van der Waals surface area contributed by atoms with Gasteiger partial charge in [-0.25, -0.2) is 12.8 Å². The van der Waals surface area contributed by atoms with E-state index in [9.17, 15) is 22.4 Å². The average molecular weight is 650 g/mol. The van der Waals surface area contributed by atoms with Gasteiger partial charge in [0.05, 0.1) is 10.6 Å². The maximum atomic E-state index is 14.5. The Balaban J connectivity index is 1.82. The van der Waals surface area contributed by atoms with E-state index in [0.29, 0.717) is 16.1 Å². The lowest BCUT2D eigenvalue weighted by molar-refractivity contribution is -0.140. The smallest absolute Gasteiger partial charge is 0.264 e. The van der Waals surface area contributed by atoms with Crippen LogP contribution in [0.2, 0.25) is 5.02 Å². The van der Waals surface area contributed by atoms with E-state index < -0.39 is 34.3 Å². The van der Waals surface area contributed by atoms with Crippen LogP contribution < -0.4 is 9.62 Å². The maximum Gasteiger partial charge on any atom is 0.264 e. The molecule has 0 aliphatic carbocycles. The van der Waals surface area contributed by atoms with E-state index in [0.717, 1.165) is 15.4 Å². The number of rotatable bonds is 12. The molecule has 2 amide bonds. The van der Waals surface area contributed by atoms with Crippen molar-refractivity contribution in [2.24, 2.45) is 0 Å². The molecule has 0 saturated heterocycles. The molecule has 0 fully saturated rings. The first-order valence-electron chi connectivity index (χ1n) is 14.6. The number of hydrogen-bond acceptors (Lipinski definition) is 4. The number of hydrogen-bond donors (Lipinski definition) is 1. The minimum absolute atomic E-state index is 0.0127. The van der Waals surface area contributed by atoms with E-state index >= 15 is 0 Å². The standard InChI is InChI=1S/C35H37ClFN3O4S/c1-24(2)38-35(42)33(21-27-8-6-5-7-9-27)39(22-28-12-15-30(37)16-13-28)34(41)23-40(32-19-14-29(36)20-26(32)4)45(43,44)31-17-10-25(3)11-18-31/h5-20,24,33H,21-23H2,1-4H3,(H,38,42)/t33-/m1/s1. The zero-order valence-electron chi connectivity index (χ0n) is 25.7. The molecule has 1 atom stereocenters. The second kappa shape index (κ2) is 14.7. The normalized spacial score (nSPS) is 12.1. The molecule has 0 heterocycles. The Morgan fingerprint density at radius 3 is 2.11 bits per heavy atom. The molecule has 4 rings (SSSR count). The number of nitrogens with zero attached hydrogens (tertiary/aromatic N) is 2.